The fourth-order valence-corrected chi connectivity index (χ4v) is 2.96. The molecule has 0 radical (unpaired) electrons. The molecule has 1 aliphatic carbocycles. The highest BCUT2D eigenvalue weighted by molar-refractivity contribution is 5.52. The van der Waals surface area contributed by atoms with Gasteiger partial charge >= 0.3 is 0 Å². The summed E-state index contributed by atoms with van der Waals surface area (Å²) in [5.74, 6) is 1.57. The van der Waals surface area contributed by atoms with Crippen molar-refractivity contribution in [2.75, 3.05) is 5.73 Å². The summed E-state index contributed by atoms with van der Waals surface area (Å²) in [5.41, 5.74) is 9.88. The van der Waals surface area contributed by atoms with E-state index < -0.39 is 0 Å². The zero-order valence-electron chi connectivity index (χ0n) is 9.79. The molecule has 1 saturated carbocycles. The molecule has 1 aliphatic rings. The van der Waals surface area contributed by atoms with Crippen molar-refractivity contribution in [3.8, 4) is 0 Å². The molecule has 0 aromatic heterocycles. The topological polar surface area (TPSA) is 26.0 Å². The predicted octanol–water partition coefficient (Wildman–Crippen LogP) is 3.87. The van der Waals surface area contributed by atoms with Crippen molar-refractivity contribution in [3.05, 3.63) is 29.3 Å². The van der Waals surface area contributed by atoms with Gasteiger partial charge in [-0.15, -0.1) is 0 Å². The van der Waals surface area contributed by atoms with E-state index in [4.69, 9.17) is 5.73 Å². The van der Waals surface area contributed by atoms with Gasteiger partial charge in [0, 0.05) is 5.69 Å². The number of nitrogens with two attached hydrogens (primary N) is 1. The SMILES string of the molecule is Cc1cccc(N)c1[C@H]1CCC[C@@H](C)C1. The summed E-state index contributed by atoms with van der Waals surface area (Å²) in [5, 5.41) is 0. The van der Waals surface area contributed by atoms with E-state index in [2.05, 4.69) is 26.0 Å². The Hall–Kier alpha value is -0.980. The maximum Gasteiger partial charge on any atom is 0.0352 e. The van der Waals surface area contributed by atoms with Crippen LogP contribution in [0.5, 0.6) is 0 Å². The van der Waals surface area contributed by atoms with E-state index in [0.717, 1.165) is 11.6 Å². The Kier molecular flexibility index (Phi) is 2.99. The van der Waals surface area contributed by atoms with E-state index >= 15 is 0 Å². The monoisotopic (exact) mass is 203 g/mol. The minimum absolute atomic E-state index is 0.704. The number of hydrogen-bond acceptors (Lipinski definition) is 1. The van der Waals surface area contributed by atoms with Crippen molar-refractivity contribution in [2.24, 2.45) is 5.92 Å². The summed E-state index contributed by atoms with van der Waals surface area (Å²) in [6, 6.07) is 6.28. The molecule has 1 aromatic carbocycles. The molecule has 1 nitrogen and oxygen atoms in total. The lowest BCUT2D eigenvalue weighted by Gasteiger charge is -2.29. The van der Waals surface area contributed by atoms with Gasteiger partial charge in [-0.1, -0.05) is 31.9 Å². The fourth-order valence-electron chi connectivity index (χ4n) is 2.96. The van der Waals surface area contributed by atoms with E-state index in [-0.39, 0.29) is 0 Å². The molecule has 0 spiro atoms. The smallest absolute Gasteiger partial charge is 0.0352 e. The van der Waals surface area contributed by atoms with Crippen LogP contribution in [-0.2, 0) is 0 Å². The van der Waals surface area contributed by atoms with Gasteiger partial charge in [-0.3, -0.25) is 0 Å². The van der Waals surface area contributed by atoms with Crippen LogP contribution in [0.4, 0.5) is 5.69 Å². The molecule has 2 atom stereocenters. The lowest BCUT2D eigenvalue weighted by atomic mass is 9.77. The lowest BCUT2D eigenvalue weighted by Crippen LogP contribution is -2.14. The molecule has 0 unspecified atom stereocenters. The van der Waals surface area contributed by atoms with Crippen LogP contribution in [0.3, 0.4) is 0 Å². The van der Waals surface area contributed by atoms with Gasteiger partial charge in [0.15, 0.2) is 0 Å². The predicted molar refractivity (Wildman–Crippen MR) is 66.0 cm³/mol. The summed E-state index contributed by atoms with van der Waals surface area (Å²) in [6.07, 6.45) is 5.39. The van der Waals surface area contributed by atoms with E-state index in [9.17, 15) is 0 Å². The second-order valence-corrected chi connectivity index (χ2v) is 5.05. The molecule has 15 heavy (non-hydrogen) atoms. The molecule has 82 valence electrons. The van der Waals surface area contributed by atoms with Crippen LogP contribution in [0.1, 0.15) is 49.7 Å². The van der Waals surface area contributed by atoms with Crippen LogP contribution in [0.25, 0.3) is 0 Å². The normalized spacial score (nSPS) is 26.5. The molecule has 0 bridgehead atoms. The minimum Gasteiger partial charge on any atom is -0.398 e. The number of rotatable bonds is 1. The number of benzene rings is 1. The fraction of sp³-hybridized carbons (Fsp3) is 0.571. The Morgan fingerprint density at radius 1 is 1.27 bits per heavy atom. The maximum atomic E-state index is 6.10. The highest BCUT2D eigenvalue weighted by atomic mass is 14.6. The van der Waals surface area contributed by atoms with Gasteiger partial charge in [-0.05, 0) is 48.8 Å². The Labute approximate surface area is 92.7 Å². The van der Waals surface area contributed by atoms with Crippen LogP contribution in [0, 0.1) is 12.8 Å². The Balaban J connectivity index is 2.28. The summed E-state index contributed by atoms with van der Waals surface area (Å²) in [6.45, 7) is 4.55. The lowest BCUT2D eigenvalue weighted by molar-refractivity contribution is 0.344. The van der Waals surface area contributed by atoms with Crippen molar-refractivity contribution in [3.63, 3.8) is 0 Å². The molecule has 1 aromatic rings. The van der Waals surface area contributed by atoms with Crippen molar-refractivity contribution < 1.29 is 0 Å². The molecular formula is C14H21N. The second kappa shape index (κ2) is 4.26. The molecule has 2 rings (SSSR count). The van der Waals surface area contributed by atoms with Crippen LogP contribution < -0.4 is 5.73 Å². The Morgan fingerprint density at radius 2 is 2.07 bits per heavy atom. The van der Waals surface area contributed by atoms with Crippen molar-refractivity contribution in [1.82, 2.24) is 0 Å². The molecular weight excluding hydrogens is 182 g/mol. The number of anilines is 1. The zero-order chi connectivity index (χ0) is 10.8. The van der Waals surface area contributed by atoms with Gasteiger partial charge in [0.25, 0.3) is 0 Å². The highest BCUT2D eigenvalue weighted by Gasteiger charge is 2.22. The number of aryl methyl sites for hydroxylation is 1. The van der Waals surface area contributed by atoms with Gasteiger partial charge in [-0.25, -0.2) is 0 Å². The molecule has 0 aliphatic heterocycles. The van der Waals surface area contributed by atoms with E-state index in [1.54, 1.807) is 0 Å². The first-order valence-corrected chi connectivity index (χ1v) is 6.03. The van der Waals surface area contributed by atoms with Crippen LogP contribution in [-0.4, -0.2) is 0 Å². The standard InChI is InChI=1S/C14H21N/c1-10-5-3-7-12(9-10)14-11(2)6-4-8-13(14)15/h4,6,8,10,12H,3,5,7,9,15H2,1-2H3/t10-,12+/m1/s1. The van der Waals surface area contributed by atoms with E-state index in [1.807, 2.05) is 6.07 Å². The summed E-state index contributed by atoms with van der Waals surface area (Å²) in [7, 11) is 0. The van der Waals surface area contributed by atoms with Gasteiger partial charge in [0.1, 0.15) is 0 Å². The van der Waals surface area contributed by atoms with Crippen LogP contribution in [0.15, 0.2) is 18.2 Å². The zero-order valence-corrected chi connectivity index (χ0v) is 9.79. The Morgan fingerprint density at radius 3 is 2.73 bits per heavy atom. The van der Waals surface area contributed by atoms with Crippen LogP contribution >= 0.6 is 0 Å². The number of hydrogen-bond donors (Lipinski definition) is 1. The first kappa shape index (κ1) is 10.5. The van der Waals surface area contributed by atoms with E-state index in [1.165, 1.54) is 36.8 Å². The average molecular weight is 203 g/mol. The van der Waals surface area contributed by atoms with Gasteiger partial charge in [0.05, 0.1) is 0 Å². The Bertz CT molecular complexity index is 323. The van der Waals surface area contributed by atoms with Crippen molar-refractivity contribution >= 4 is 5.69 Å². The van der Waals surface area contributed by atoms with Crippen LogP contribution in [0.2, 0.25) is 0 Å². The summed E-state index contributed by atoms with van der Waals surface area (Å²) >= 11 is 0. The summed E-state index contributed by atoms with van der Waals surface area (Å²) in [4.78, 5) is 0. The third kappa shape index (κ3) is 2.17. The maximum absolute atomic E-state index is 6.10. The van der Waals surface area contributed by atoms with Crippen molar-refractivity contribution in [2.45, 2.75) is 45.4 Å². The third-order valence-electron chi connectivity index (χ3n) is 3.70. The average Bonchev–Trinajstić information content (AvgIpc) is 2.17. The highest BCUT2D eigenvalue weighted by Crippen LogP contribution is 2.39. The second-order valence-electron chi connectivity index (χ2n) is 5.05. The minimum atomic E-state index is 0.704. The van der Waals surface area contributed by atoms with Gasteiger partial charge in [-0.2, -0.15) is 0 Å². The molecule has 1 heteroatoms. The summed E-state index contributed by atoms with van der Waals surface area (Å²) < 4.78 is 0. The molecule has 0 saturated heterocycles. The van der Waals surface area contributed by atoms with Gasteiger partial charge in [0.2, 0.25) is 0 Å². The largest absolute Gasteiger partial charge is 0.398 e. The molecule has 0 heterocycles. The van der Waals surface area contributed by atoms with E-state index in [0.29, 0.717) is 5.92 Å². The molecule has 0 amide bonds. The third-order valence-corrected chi connectivity index (χ3v) is 3.70. The number of nitrogen functional groups attached to an aromatic ring is 1. The first-order valence-electron chi connectivity index (χ1n) is 6.03. The first-order chi connectivity index (χ1) is 7.18. The quantitative estimate of drug-likeness (QED) is 0.689. The van der Waals surface area contributed by atoms with Crippen molar-refractivity contribution in [1.29, 1.82) is 0 Å². The molecule has 2 N–H and O–H groups in total. The molecule has 1 fully saturated rings. The van der Waals surface area contributed by atoms with Gasteiger partial charge < -0.3 is 5.73 Å².